The molecule has 0 amide bonds. The lowest BCUT2D eigenvalue weighted by atomic mass is 10.2. The summed E-state index contributed by atoms with van der Waals surface area (Å²) in [5.41, 5.74) is -0.344. The second-order valence-electron chi connectivity index (χ2n) is 4.12. The molecule has 0 aliphatic rings. The zero-order chi connectivity index (χ0) is 15.6. The van der Waals surface area contributed by atoms with Gasteiger partial charge in [-0.25, -0.2) is 17.2 Å². The maximum Gasteiger partial charge on any atom is 0.262 e. The Bertz CT molecular complexity index is 781. The van der Waals surface area contributed by atoms with Crippen molar-refractivity contribution in [3.05, 3.63) is 58.6 Å². The van der Waals surface area contributed by atoms with Gasteiger partial charge in [0.25, 0.3) is 10.0 Å². The van der Waals surface area contributed by atoms with Crippen LogP contribution in [0.25, 0.3) is 0 Å². The number of anilines is 1. The standard InChI is InChI=1S/C13H10ClF2NO3S/c14-13-8(7-18)5-9(6-11(13)16)21(19,20)17-12-4-2-1-3-10(12)15/h1-6,17-18H,7H2. The Kier molecular flexibility index (Phi) is 4.46. The molecule has 2 N–H and O–H groups in total. The molecule has 4 nitrogen and oxygen atoms in total. The summed E-state index contributed by atoms with van der Waals surface area (Å²) in [6.45, 7) is -0.626. The molecule has 2 aromatic carbocycles. The predicted octanol–water partition coefficient (Wildman–Crippen LogP) is 2.91. The Balaban J connectivity index is 2.45. The maximum absolute atomic E-state index is 13.6. The van der Waals surface area contributed by atoms with E-state index in [-0.39, 0.29) is 16.3 Å². The van der Waals surface area contributed by atoms with Crippen molar-refractivity contribution in [3.8, 4) is 0 Å². The van der Waals surface area contributed by atoms with Crippen LogP contribution in [-0.2, 0) is 16.6 Å². The molecule has 2 aromatic rings. The van der Waals surface area contributed by atoms with Gasteiger partial charge in [0.05, 0.1) is 22.2 Å². The molecule has 0 fully saturated rings. The van der Waals surface area contributed by atoms with Crippen molar-refractivity contribution in [1.82, 2.24) is 0 Å². The quantitative estimate of drug-likeness (QED) is 0.904. The van der Waals surface area contributed by atoms with Gasteiger partial charge in [0.15, 0.2) is 0 Å². The van der Waals surface area contributed by atoms with Gasteiger partial charge in [-0.15, -0.1) is 0 Å². The molecular weight excluding hydrogens is 324 g/mol. The number of hydrogen-bond donors (Lipinski definition) is 2. The van der Waals surface area contributed by atoms with Gasteiger partial charge in [-0.1, -0.05) is 23.7 Å². The van der Waals surface area contributed by atoms with Crippen LogP contribution in [0.3, 0.4) is 0 Å². The Labute approximate surface area is 125 Å². The second-order valence-corrected chi connectivity index (χ2v) is 6.18. The molecule has 0 heterocycles. The summed E-state index contributed by atoms with van der Waals surface area (Å²) in [5.74, 6) is -1.75. The van der Waals surface area contributed by atoms with E-state index < -0.39 is 33.2 Å². The molecule has 0 saturated carbocycles. The van der Waals surface area contributed by atoms with Gasteiger partial charge in [-0.2, -0.15) is 0 Å². The fourth-order valence-corrected chi connectivity index (χ4v) is 2.93. The molecule has 0 unspecified atom stereocenters. The molecule has 0 saturated heterocycles. The summed E-state index contributed by atoms with van der Waals surface area (Å²) < 4.78 is 53.3. The molecular formula is C13H10ClF2NO3S. The van der Waals surface area contributed by atoms with Gasteiger partial charge in [0.1, 0.15) is 11.6 Å². The maximum atomic E-state index is 13.6. The van der Waals surface area contributed by atoms with E-state index in [0.29, 0.717) is 6.07 Å². The number of nitrogens with one attached hydrogen (secondary N) is 1. The largest absolute Gasteiger partial charge is 0.392 e. The van der Waals surface area contributed by atoms with Crippen LogP contribution in [0.2, 0.25) is 5.02 Å². The monoisotopic (exact) mass is 333 g/mol. The molecule has 0 aliphatic carbocycles. The van der Waals surface area contributed by atoms with Crippen LogP contribution in [0.4, 0.5) is 14.5 Å². The topological polar surface area (TPSA) is 66.4 Å². The first kappa shape index (κ1) is 15.7. The molecule has 0 spiro atoms. The SMILES string of the molecule is O=S(=O)(Nc1ccccc1F)c1cc(F)c(Cl)c(CO)c1. The molecule has 0 aliphatic heterocycles. The highest BCUT2D eigenvalue weighted by molar-refractivity contribution is 7.92. The van der Waals surface area contributed by atoms with Gasteiger partial charge in [0.2, 0.25) is 0 Å². The normalized spacial score (nSPS) is 11.4. The number of aliphatic hydroxyl groups is 1. The first-order valence-corrected chi connectivity index (χ1v) is 7.57. The van der Waals surface area contributed by atoms with Crippen LogP contribution in [0.5, 0.6) is 0 Å². The molecule has 112 valence electrons. The number of sulfonamides is 1. The zero-order valence-corrected chi connectivity index (χ0v) is 12.0. The zero-order valence-electron chi connectivity index (χ0n) is 10.5. The van der Waals surface area contributed by atoms with E-state index in [2.05, 4.69) is 0 Å². The number of halogens is 3. The van der Waals surface area contributed by atoms with E-state index in [1.54, 1.807) is 0 Å². The lowest BCUT2D eigenvalue weighted by Gasteiger charge is -2.11. The average Bonchev–Trinajstić information content (AvgIpc) is 2.44. The van der Waals surface area contributed by atoms with Crippen molar-refractivity contribution >= 4 is 27.3 Å². The predicted molar refractivity (Wildman–Crippen MR) is 74.5 cm³/mol. The molecule has 2 rings (SSSR count). The van der Waals surface area contributed by atoms with Crippen molar-refractivity contribution in [3.63, 3.8) is 0 Å². The minimum Gasteiger partial charge on any atom is -0.392 e. The molecule has 0 aromatic heterocycles. The van der Waals surface area contributed by atoms with E-state index in [4.69, 9.17) is 16.7 Å². The number of para-hydroxylation sites is 1. The summed E-state index contributed by atoms with van der Waals surface area (Å²) in [5, 5.41) is 8.68. The van der Waals surface area contributed by atoms with Gasteiger partial charge in [0, 0.05) is 5.56 Å². The van der Waals surface area contributed by atoms with E-state index in [9.17, 15) is 17.2 Å². The number of rotatable bonds is 4. The van der Waals surface area contributed by atoms with Crippen molar-refractivity contribution < 1.29 is 22.3 Å². The van der Waals surface area contributed by atoms with Crippen molar-refractivity contribution in [2.45, 2.75) is 11.5 Å². The Morgan fingerprint density at radius 3 is 2.43 bits per heavy atom. The minimum atomic E-state index is -4.21. The van der Waals surface area contributed by atoms with Crippen LogP contribution in [-0.4, -0.2) is 13.5 Å². The Hall–Kier alpha value is -1.70. The highest BCUT2D eigenvalue weighted by Gasteiger charge is 2.20. The van der Waals surface area contributed by atoms with Gasteiger partial charge in [-0.05, 0) is 24.3 Å². The number of benzene rings is 2. The highest BCUT2D eigenvalue weighted by atomic mass is 35.5. The second kappa shape index (κ2) is 5.97. The highest BCUT2D eigenvalue weighted by Crippen LogP contribution is 2.26. The van der Waals surface area contributed by atoms with Crippen LogP contribution in [0.1, 0.15) is 5.56 Å². The van der Waals surface area contributed by atoms with E-state index in [1.807, 2.05) is 4.72 Å². The van der Waals surface area contributed by atoms with Crippen LogP contribution >= 0.6 is 11.6 Å². The van der Waals surface area contributed by atoms with E-state index >= 15 is 0 Å². The summed E-state index contributed by atoms with van der Waals surface area (Å²) in [7, 11) is -4.21. The van der Waals surface area contributed by atoms with Crippen molar-refractivity contribution in [2.75, 3.05) is 4.72 Å². The lowest BCUT2D eigenvalue weighted by molar-refractivity contribution is 0.281. The van der Waals surface area contributed by atoms with E-state index in [0.717, 1.165) is 12.1 Å². The molecule has 0 bridgehead atoms. The van der Waals surface area contributed by atoms with Gasteiger partial charge in [-0.3, -0.25) is 4.72 Å². The van der Waals surface area contributed by atoms with Crippen molar-refractivity contribution in [2.24, 2.45) is 0 Å². The fourth-order valence-electron chi connectivity index (χ4n) is 1.64. The minimum absolute atomic E-state index is 0.0782. The van der Waals surface area contributed by atoms with Gasteiger partial charge < -0.3 is 5.11 Å². The van der Waals surface area contributed by atoms with Crippen molar-refractivity contribution in [1.29, 1.82) is 0 Å². The molecule has 0 radical (unpaired) electrons. The first-order chi connectivity index (χ1) is 9.85. The number of aliphatic hydroxyl groups excluding tert-OH is 1. The van der Waals surface area contributed by atoms with Crippen LogP contribution in [0, 0.1) is 11.6 Å². The third-order valence-electron chi connectivity index (χ3n) is 2.68. The lowest BCUT2D eigenvalue weighted by Crippen LogP contribution is -2.14. The molecule has 21 heavy (non-hydrogen) atoms. The third kappa shape index (κ3) is 3.31. The summed E-state index contributed by atoms with van der Waals surface area (Å²) in [4.78, 5) is -0.461. The van der Waals surface area contributed by atoms with Crippen LogP contribution < -0.4 is 4.72 Å². The van der Waals surface area contributed by atoms with Gasteiger partial charge >= 0.3 is 0 Å². The van der Waals surface area contributed by atoms with Crippen LogP contribution in [0.15, 0.2) is 41.3 Å². The average molecular weight is 334 g/mol. The number of hydrogen-bond acceptors (Lipinski definition) is 3. The molecule has 8 heteroatoms. The third-order valence-corrected chi connectivity index (χ3v) is 4.44. The summed E-state index contributed by atoms with van der Waals surface area (Å²) in [6.07, 6.45) is 0. The summed E-state index contributed by atoms with van der Waals surface area (Å²) in [6, 6.07) is 6.88. The summed E-state index contributed by atoms with van der Waals surface area (Å²) >= 11 is 5.59. The Morgan fingerprint density at radius 1 is 1.14 bits per heavy atom. The molecule has 0 atom stereocenters. The van der Waals surface area contributed by atoms with E-state index in [1.165, 1.54) is 18.2 Å². The smallest absolute Gasteiger partial charge is 0.262 e. The Morgan fingerprint density at radius 2 is 1.81 bits per heavy atom. The fraction of sp³-hybridized carbons (Fsp3) is 0.0769. The first-order valence-electron chi connectivity index (χ1n) is 5.71.